The molecule has 0 aliphatic rings. The molecule has 1 heterocycles. The lowest BCUT2D eigenvalue weighted by molar-refractivity contribution is 0.414. The largest absolute Gasteiger partial charge is 0.507 e. The number of nitrogens with one attached hydrogen (secondary N) is 1. The Hall–Kier alpha value is -2.79. The van der Waals surface area contributed by atoms with Crippen LogP contribution in [0.4, 0.5) is 0 Å². The maximum absolute atomic E-state index is 12.1. The normalized spacial score (nSPS) is 11.7. The standard InChI is InChI=1S/C17H13ClN2O3/c1-23-12-5-2-10(3-6-12)16(21)9-15-17(22)20-14-8-11(18)4-7-13(14)19-15/h2-9,21H,1H3,(H,20,22). The highest BCUT2D eigenvalue weighted by Gasteiger charge is 2.06. The molecular formula is C17H13ClN2O3. The second-order valence-electron chi connectivity index (χ2n) is 4.87. The average molecular weight is 329 g/mol. The molecule has 0 saturated carbocycles. The van der Waals surface area contributed by atoms with E-state index in [1.165, 1.54) is 6.08 Å². The monoisotopic (exact) mass is 328 g/mol. The average Bonchev–Trinajstić information content (AvgIpc) is 2.55. The lowest BCUT2D eigenvalue weighted by Gasteiger charge is -2.03. The van der Waals surface area contributed by atoms with Crippen LogP contribution in [-0.4, -0.2) is 22.2 Å². The summed E-state index contributed by atoms with van der Waals surface area (Å²) in [5.74, 6) is 0.624. The summed E-state index contributed by atoms with van der Waals surface area (Å²) in [7, 11) is 1.56. The first-order valence-electron chi connectivity index (χ1n) is 6.81. The zero-order valence-electron chi connectivity index (χ0n) is 12.2. The van der Waals surface area contributed by atoms with Gasteiger partial charge < -0.3 is 14.8 Å². The van der Waals surface area contributed by atoms with E-state index in [4.69, 9.17) is 16.3 Å². The third-order valence-corrected chi connectivity index (χ3v) is 3.57. The first kappa shape index (κ1) is 15.1. The number of aromatic nitrogens is 2. The molecule has 0 aliphatic carbocycles. The second kappa shape index (κ2) is 6.14. The molecule has 0 atom stereocenters. The van der Waals surface area contributed by atoms with Crippen LogP contribution in [0.15, 0.2) is 47.3 Å². The molecule has 0 aliphatic heterocycles. The number of rotatable bonds is 3. The number of methoxy groups -OCH3 is 1. The third-order valence-electron chi connectivity index (χ3n) is 3.34. The number of ether oxygens (including phenoxy) is 1. The van der Waals surface area contributed by atoms with Crippen LogP contribution in [0.3, 0.4) is 0 Å². The summed E-state index contributed by atoms with van der Waals surface area (Å²) < 4.78 is 5.06. The quantitative estimate of drug-likeness (QED) is 0.720. The van der Waals surface area contributed by atoms with Crippen LogP contribution < -0.4 is 10.3 Å². The van der Waals surface area contributed by atoms with Crippen molar-refractivity contribution in [2.45, 2.75) is 0 Å². The van der Waals surface area contributed by atoms with Gasteiger partial charge >= 0.3 is 0 Å². The van der Waals surface area contributed by atoms with Crippen LogP contribution in [0.2, 0.25) is 5.02 Å². The summed E-state index contributed by atoms with van der Waals surface area (Å²) in [6.07, 6.45) is 1.33. The van der Waals surface area contributed by atoms with Crippen molar-refractivity contribution in [1.82, 2.24) is 9.97 Å². The van der Waals surface area contributed by atoms with E-state index in [1.54, 1.807) is 49.6 Å². The van der Waals surface area contributed by atoms with E-state index in [2.05, 4.69) is 9.97 Å². The zero-order valence-corrected chi connectivity index (χ0v) is 13.0. The molecule has 3 aromatic rings. The van der Waals surface area contributed by atoms with Gasteiger partial charge in [-0.05, 0) is 42.5 Å². The number of fused-ring (bicyclic) bond motifs is 1. The van der Waals surface area contributed by atoms with Crippen molar-refractivity contribution in [2.75, 3.05) is 7.11 Å². The lowest BCUT2D eigenvalue weighted by Crippen LogP contribution is -2.12. The fourth-order valence-electron chi connectivity index (χ4n) is 2.15. The number of aliphatic hydroxyl groups excluding tert-OH is 1. The van der Waals surface area contributed by atoms with Gasteiger partial charge in [0.25, 0.3) is 5.56 Å². The highest BCUT2D eigenvalue weighted by Crippen LogP contribution is 2.19. The van der Waals surface area contributed by atoms with E-state index in [1.807, 2.05) is 0 Å². The minimum atomic E-state index is -0.403. The first-order valence-corrected chi connectivity index (χ1v) is 7.19. The van der Waals surface area contributed by atoms with Gasteiger partial charge in [-0.25, -0.2) is 4.98 Å². The summed E-state index contributed by atoms with van der Waals surface area (Å²) in [6, 6.07) is 11.8. The SMILES string of the molecule is COc1ccc(C(O)=Cc2nc3ccc(Cl)cc3[nH]c2=O)cc1. The molecule has 6 heteroatoms. The van der Waals surface area contributed by atoms with Crippen LogP contribution in [0.5, 0.6) is 5.75 Å². The molecule has 5 nitrogen and oxygen atoms in total. The summed E-state index contributed by atoms with van der Waals surface area (Å²) in [6.45, 7) is 0. The summed E-state index contributed by atoms with van der Waals surface area (Å²) in [5.41, 5.74) is 1.41. The Labute approximate surface area is 136 Å². The topological polar surface area (TPSA) is 75.2 Å². The van der Waals surface area contributed by atoms with Crippen molar-refractivity contribution >= 4 is 34.5 Å². The van der Waals surface area contributed by atoms with Gasteiger partial charge in [0.15, 0.2) is 0 Å². The van der Waals surface area contributed by atoms with Gasteiger partial charge in [0, 0.05) is 16.7 Å². The molecule has 0 amide bonds. The van der Waals surface area contributed by atoms with E-state index in [9.17, 15) is 9.90 Å². The molecular weight excluding hydrogens is 316 g/mol. The molecule has 116 valence electrons. The maximum atomic E-state index is 12.1. The van der Waals surface area contributed by atoms with Gasteiger partial charge in [-0.2, -0.15) is 0 Å². The number of hydrogen-bond donors (Lipinski definition) is 2. The fraction of sp³-hybridized carbons (Fsp3) is 0.0588. The van der Waals surface area contributed by atoms with E-state index < -0.39 is 5.56 Å². The van der Waals surface area contributed by atoms with Gasteiger partial charge in [0.1, 0.15) is 17.2 Å². The first-order chi connectivity index (χ1) is 11.1. The summed E-state index contributed by atoms with van der Waals surface area (Å²) in [4.78, 5) is 19.0. The summed E-state index contributed by atoms with van der Waals surface area (Å²) in [5, 5.41) is 10.7. The number of aliphatic hydroxyl groups is 1. The van der Waals surface area contributed by atoms with E-state index in [-0.39, 0.29) is 11.5 Å². The molecule has 1 aromatic heterocycles. The number of benzene rings is 2. The molecule has 0 saturated heterocycles. The maximum Gasteiger partial charge on any atom is 0.274 e. The van der Waals surface area contributed by atoms with Gasteiger partial charge in [-0.1, -0.05) is 11.6 Å². The third kappa shape index (κ3) is 3.19. The highest BCUT2D eigenvalue weighted by atomic mass is 35.5. The molecule has 0 bridgehead atoms. The number of hydrogen-bond acceptors (Lipinski definition) is 4. The van der Waals surface area contributed by atoms with Crippen molar-refractivity contribution in [3.05, 3.63) is 69.1 Å². The van der Waals surface area contributed by atoms with Crippen molar-refractivity contribution in [3.8, 4) is 5.75 Å². The second-order valence-corrected chi connectivity index (χ2v) is 5.31. The molecule has 2 aromatic carbocycles. The molecule has 0 spiro atoms. The number of aromatic amines is 1. The van der Waals surface area contributed by atoms with Gasteiger partial charge in [-0.3, -0.25) is 4.79 Å². The van der Waals surface area contributed by atoms with Crippen molar-refractivity contribution in [3.63, 3.8) is 0 Å². The fourth-order valence-corrected chi connectivity index (χ4v) is 2.32. The van der Waals surface area contributed by atoms with Crippen LogP contribution in [0.1, 0.15) is 11.3 Å². The molecule has 0 unspecified atom stereocenters. The predicted molar refractivity (Wildman–Crippen MR) is 90.9 cm³/mol. The molecule has 0 radical (unpaired) electrons. The smallest absolute Gasteiger partial charge is 0.274 e. The lowest BCUT2D eigenvalue weighted by atomic mass is 10.1. The Bertz CT molecular complexity index is 946. The van der Waals surface area contributed by atoms with Crippen molar-refractivity contribution in [1.29, 1.82) is 0 Å². The predicted octanol–water partition coefficient (Wildman–Crippen LogP) is 3.64. The number of H-pyrrole nitrogens is 1. The van der Waals surface area contributed by atoms with Crippen LogP contribution in [0, 0.1) is 0 Å². The van der Waals surface area contributed by atoms with Crippen LogP contribution >= 0.6 is 11.6 Å². The zero-order chi connectivity index (χ0) is 16.4. The molecule has 3 rings (SSSR count). The molecule has 2 N–H and O–H groups in total. The van der Waals surface area contributed by atoms with Crippen LogP contribution in [0.25, 0.3) is 22.9 Å². The Kier molecular flexibility index (Phi) is 4.04. The Morgan fingerprint density at radius 1 is 1.26 bits per heavy atom. The van der Waals surface area contributed by atoms with E-state index >= 15 is 0 Å². The van der Waals surface area contributed by atoms with Crippen molar-refractivity contribution < 1.29 is 9.84 Å². The van der Waals surface area contributed by atoms with Gasteiger partial charge in [-0.15, -0.1) is 0 Å². The number of nitrogens with zero attached hydrogens (tertiary/aromatic N) is 1. The van der Waals surface area contributed by atoms with Gasteiger partial charge in [0.05, 0.1) is 18.1 Å². The Morgan fingerprint density at radius 3 is 2.70 bits per heavy atom. The van der Waals surface area contributed by atoms with E-state index in [0.717, 1.165) is 0 Å². The minimum absolute atomic E-state index is 0.0565. The number of halogens is 1. The van der Waals surface area contributed by atoms with Crippen LogP contribution in [-0.2, 0) is 0 Å². The van der Waals surface area contributed by atoms with Gasteiger partial charge in [0.2, 0.25) is 0 Å². The Morgan fingerprint density at radius 2 is 2.00 bits per heavy atom. The highest BCUT2D eigenvalue weighted by molar-refractivity contribution is 6.31. The Balaban J connectivity index is 2.03. The minimum Gasteiger partial charge on any atom is -0.507 e. The molecule has 0 fully saturated rings. The van der Waals surface area contributed by atoms with E-state index in [0.29, 0.717) is 27.4 Å². The summed E-state index contributed by atoms with van der Waals surface area (Å²) >= 11 is 5.89. The van der Waals surface area contributed by atoms with Crippen molar-refractivity contribution in [2.24, 2.45) is 0 Å². The molecule has 23 heavy (non-hydrogen) atoms.